The zero-order valence-corrected chi connectivity index (χ0v) is 22.3. The number of hydrogen-bond acceptors (Lipinski definition) is 5. The molecule has 1 N–H and O–H groups in total. The fourth-order valence-electron chi connectivity index (χ4n) is 5.26. The van der Waals surface area contributed by atoms with E-state index in [1.165, 1.54) is 12.7 Å². The molecule has 1 heterocycles. The Kier molecular flexibility index (Phi) is 8.21. The van der Waals surface area contributed by atoms with E-state index in [4.69, 9.17) is 13.9 Å². The molecule has 1 fully saturated rings. The van der Waals surface area contributed by atoms with Crippen LogP contribution in [-0.2, 0) is 4.79 Å². The van der Waals surface area contributed by atoms with E-state index in [1.807, 2.05) is 44.2 Å². The van der Waals surface area contributed by atoms with Crippen LogP contribution in [0.4, 0.5) is 5.69 Å². The summed E-state index contributed by atoms with van der Waals surface area (Å²) < 4.78 is 16.8. The van der Waals surface area contributed by atoms with Gasteiger partial charge in [-0.1, -0.05) is 37.5 Å². The molecular weight excluding hydrogens is 468 g/mol. The molecule has 1 aromatic heterocycles. The molecule has 196 valence electrons. The third-order valence-corrected chi connectivity index (χ3v) is 6.98. The van der Waals surface area contributed by atoms with Gasteiger partial charge in [-0.2, -0.15) is 0 Å². The van der Waals surface area contributed by atoms with Gasteiger partial charge in [0, 0.05) is 17.3 Å². The van der Waals surface area contributed by atoms with Crippen LogP contribution < -0.4 is 19.7 Å². The van der Waals surface area contributed by atoms with Gasteiger partial charge in [0.2, 0.25) is 5.91 Å². The Hall–Kier alpha value is -3.74. The van der Waals surface area contributed by atoms with Gasteiger partial charge in [-0.25, -0.2) is 0 Å². The van der Waals surface area contributed by atoms with Gasteiger partial charge in [0.25, 0.3) is 5.91 Å². The molecule has 3 aromatic rings. The average Bonchev–Trinajstić information content (AvgIpc) is 3.32. The van der Waals surface area contributed by atoms with Crippen LogP contribution in [0.2, 0.25) is 0 Å². The van der Waals surface area contributed by atoms with Crippen molar-refractivity contribution in [3.63, 3.8) is 0 Å². The summed E-state index contributed by atoms with van der Waals surface area (Å²) in [5.41, 5.74) is 3.54. The molecule has 1 aliphatic carbocycles. The molecule has 37 heavy (non-hydrogen) atoms. The summed E-state index contributed by atoms with van der Waals surface area (Å²) in [6.07, 6.45) is 6.66. The van der Waals surface area contributed by atoms with E-state index in [0.717, 1.165) is 36.8 Å². The Balaban J connectivity index is 1.92. The maximum Gasteiger partial charge on any atom is 0.262 e. The first-order chi connectivity index (χ1) is 17.8. The fraction of sp³-hybridized carbons (Fsp3) is 0.400. The number of benzene rings is 2. The van der Waals surface area contributed by atoms with Crippen LogP contribution in [-0.4, -0.2) is 32.1 Å². The minimum absolute atomic E-state index is 0.0622. The van der Waals surface area contributed by atoms with Crippen molar-refractivity contribution < 1.29 is 23.5 Å². The third-order valence-electron chi connectivity index (χ3n) is 6.98. The summed E-state index contributed by atoms with van der Waals surface area (Å²) in [7, 11) is 3.10. The van der Waals surface area contributed by atoms with Crippen molar-refractivity contribution in [1.82, 2.24) is 5.32 Å². The summed E-state index contributed by atoms with van der Waals surface area (Å²) in [6.45, 7) is 5.70. The average molecular weight is 505 g/mol. The summed E-state index contributed by atoms with van der Waals surface area (Å²) in [5, 5.41) is 3.25. The highest BCUT2D eigenvalue weighted by molar-refractivity contribution is 6.11. The minimum Gasteiger partial charge on any atom is -0.493 e. The Morgan fingerprint density at radius 1 is 0.973 bits per heavy atom. The molecule has 0 saturated heterocycles. The van der Waals surface area contributed by atoms with E-state index in [-0.39, 0.29) is 17.9 Å². The Morgan fingerprint density at radius 3 is 2.27 bits per heavy atom. The van der Waals surface area contributed by atoms with Gasteiger partial charge < -0.3 is 19.2 Å². The number of para-hydroxylation sites is 1. The SMILES string of the molecule is COc1cccc([C@@H](C(=O)NC2CCCCC2)N(C(=O)c2ccoc2C)c2cc(C)cc(C)c2)c1OC. The molecule has 0 bridgehead atoms. The minimum atomic E-state index is -1.00. The Morgan fingerprint density at radius 2 is 1.68 bits per heavy atom. The van der Waals surface area contributed by atoms with Gasteiger partial charge in [0.1, 0.15) is 11.8 Å². The van der Waals surface area contributed by atoms with Gasteiger partial charge in [-0.15, -0.1) is 0 Å². The Labute approximate surface area is 218 Å². The number of carbonyl (C=O) groups excluding carboxylic acids is 2. The highest BCUT2D eigenvalue weighted by atomic mass is 16.5. The maximum absolute atomic E-state index is 14.2. The summed E-state index contributed by atoms with van der Waals surface area (Å²) in [4.78, 5) is 30.0. The summed E-state index contributed by atoms with van der Waals surface area (Å²) >= 11 is 0. The molecule has 7 nitrogen and oxygen atoms in total. The van der Waals surface area contributed by atoms with Crippen LogP contribution in [0.1, 0.15) is 71.0 Å². The molecule has 4 rings (SSSR count). The largest absolute Gasteiger partial charge is 0.493 e. The second kappa shape index (κ2) is 11.5. The Bertz CT molecular complexity index is 1240. The zero-order valence-electron chi connectivity index (χ0n) is 22.3. The molecule has 2 aromatic carbocycles. The standard InChI is InChI=1S/C30H36N2O5/c1-19-16-20(2)18-23(17-19)32(30(34)24-14-15-37-21(24)3)27(29(33)31-22-10-7-6-8-11-22)25-12-9-13-26(35-4)28(25)36-5/h9,12-18,22,27H,6-8,10-11H2,1-5H3,(H,31,33)/t27-/m0/s1. The van der Waals surface area contributed by atoms with Crippen LogP contribution in [0.5, 0.6) is 11.5 Å². The normalized spacial score (nSPS) is 14.6. The smallest absolute Gasteiger partial charge is 0.262 e. The number of ether oxygens (including phenoxy) is 2. The number of methoxy groups -OCH3 is 2. The van der Waals surface area contributed by atoms with Crippen molar-refractivity contribution in [2.75, 3.05) is 19.1 Å². The predicted molar refractivity (Wildman–Crippen MR) is 143 cm³/mol. The van der Waals surface area contributed by atoms with Crippen molar-refractivity contribution in [2.45, 2.75) is 65.0 Å². The molecule has 0 aliphatic heterocycles. The number of anilines is 1. The van der Waals surface area contributed by atoms with Crippen molar-refractivity contribution in [3.05, 3.63) is 76.7 Å². The summed E-state index contributed by atoms with van der Waals surface area (Å²) in [6, 6.07) is 12.0. The lowest BCUT2D eigenvalue weighted by atomic mass is 9.94. The van der Waals surface area contributed by atoms with Crippen LogP contribution >= 0.6 is 0 Å². The number of aryl methyl sites for hydroxylation is 3. The van der Waals surface area contributed by atoms with Crippen molar-refractivity contribution in [1.29, 1.82) is 0 Å². The fourth-order valence-corrected chi connectivity index (χ4v) is 5.26. The first-order valence-electron chi connectivity index (χ1n) is 12.8. The van der Waals surface area contributed by atoms with E-state index in [1.54, 1.807) is 38.2 Å². The first-order valence-corrected chi connectivity index (χ1v) is 12.8. The van der Waals surface area contributed by atoms with Crippen molar-refractivity contribution >= 4 is 17.5 Å². The molecule has 1 atom stereocenters. The number of nitrogens with zero attached hydrogens (tertiary/aromatic N) is 1. The lowest BCUT2D eigenvalue weighted by molar-refractivity contribution is -0.123. The number of carbonyl (C=O) groups is 2. The lowest BCUT2D eigenvalue weighted by Crippen LogP contribution is -2.47. The molecule has 0 unspecified atom stereocenters. The quantitative estimate of drug-likeness (QED) is 0.403. The summed E-state index contributed by atoms with van der Waals surface area (Å²) in [5.74, 6) is 0.808. The van der Waals surface area contributed by atoms with E-state index in [0.29, 0.717) is 34.1 Å². The van der Waals surface area contributed by atoms with Gasteiger partial charge in [-0.05, 0) is 69.0 Å². The van der Waals surface area contributed by atoms with Crippen LogP contribution in [0, 0.1) is 20.8 Å². The number of amides is 2. The molecule has 0 radical (unpaired) electrons. The van der Waals surface area contributed by atoms with Gasteiger partial charge in [0.15, 0.2) is 11.5 Å². The second-order valence-electron chi connectivity index (χ2n) is 9.74. The van der Waals surface area contributed by atoms with Crippen LogP contribution in [0.15, 0.2) is 53.1 Å². The molecule has 1 saturated carbocycles. The molecule has 0 spiro atoms. The highest BCUT2D eigenvalue weighted by Crippen LogP contribution is 2.40. The number of nitrogens with one attached hydrogen (secondary N) is 1. The van der Waals surface area contributed by atoms with Crippen LogP contribution in [0.25, 0.3) is 0 Å². The van der Waals surface area contributed by atoms with E-state index in [2.05, 4.69) is 5.32 Å². The third kappa shape index (κ3) is 5.66. The van der Waals surface area contributed by atoms with Crippen molar-refractivity contribution in [3.8, 4) is 11.5 Å². The van der Waals surface area contributed by atoms with E-state index >= 15 is 0 Å². The lowest BCUT2D eigenvalue weighted by Gasteiger charge is -2.34. The van der Waals surface area contributed by atoms with Crippen LogP contribution in [0.3, 0.4) is 0 Å². The predicted octanol–water partition coefficient (Wildman–Crippen LogP) is 6.06. The first kappa shape index (κ1) is 26.3. The number of rotatable bonds is 8. The monoisotopic (exact) mass is 504 g/mol. The maximum atomic E-state index is 14.2. The second-order valence-corrected chi connectivity index (χ2v) is 9.74. The van der Waals surface area contributed by atoms with Gasteiger partial charge >= 0.3 is 0 Å². The number of furan rings is 1. The number of hydrogen-bond donors (Lipinski definition) is 1. The molecule has 1 aliphatic rings. The molecule has 2 amide bonds. The van der Waals surface area contributed by atoms with Crippen molar-refractivity contribution in [2.24, 2.45) is 0 Å². The molecule has 7 heteroatoms. The topological polar surface area (TPSA) is 81.0 Å². The van der Waals surface area contributed by atoms with E-state index in [9.17, 15) is 9.59 Å². The van der Waals surface area contributed by atoms with E-state index < -0.39 is 6.04 Å². The van der Waals surface area contributed by atoms with Gasteiger partial charge in [-0.3, -0.25) is 14.5 Å². The van der Waals surface area contributed by atoms with Gasteiger partial charge in [0.05, 0.1) is 26.0 Å². The zero-order chi connectivity index (χ0) is 26.5. The highest BCUT2D eigenvalue weighted by Gasteiger charge is 2.38. The molecular formula is C30H36N2O5.